The van der Waals surface area contributed by atoms with E-state index in [4.69, 9.17) is 17.3 Å². The van der Waals surface area contributed by atoms with E-state index in [1.54, 1.807) is 18.3 Å². The Bertz CT molecular complexity index is 740. The topological polar surface area (TPSA) is 68.0 Å². The highest BCUT2D eigenvalue weighted by Gasteiger charge is 2.32. The normalized spacial score (nSPS) is 11.4. The van der Waals surface area contributed by atoms with Gasteiger partial charge in [0.25, 0.3) is 0 Å². The van der Waals surface area contributed by atoms with Gasteiger partial charge >= 0.3 is 6.18 Å². The molecule has 128 valence electrons. The average Bonchev–Trinajstić information content (AvgIpc) is 2.54. The molecule has 1 amide bonds. The molecular formula is C15H13ClF3N3OS. The fourth-order valence-electron chi connectivity index (χ4n) is 1.98. The number of nitrogens with one attached hydrogen (secondary N) is 1. The van der Waals surface area contributed by atoms with E-state index in [1.165, 1.54) is 0 Å². The summed E-state index contributed by atoms with van der Waals surface area (Å²) in [4.78, 5) is 15.1. The number of carbonyl (C=O) groups is 1. The summed E-state index contributed by atoms with van der Waals surface area (Å²) in [6.45, 7) is 0.149. The number of amides is 1. The van der Waals surface area contributed by atoms with Gasteiger partial charge in [-0.05, 0) is 29.3 Å². The van der Waals surface area contributed by atoms with Crippen molar-refractivity contribution in [3.63, 3.8) is 0 Å². The summed E-state index contributed by atoms with van der Waals surface area (Å²) in [7, 11) is 0. The first-order valence-electron chi connectivity index (χ1n) is 6.75. The zero-order valence-corrected chi connectivity index (χ0v) is 13.8. The summed E-state index contributed by atoms with van der Waals surface area (Å²) in [5.74, 6) is 0. The summed E-state index contributed by atoms with van der Waals surface area (Å²) < 4.78 is 38.9. The Morgan fingerprint density at radius 3 is 2.71 bits per heavy atom. The summed E-state index contributed by atoms with van der Waals surface area (Å²) in [6, 6.07) is 5.32. The molecule has 0 aliphatic heterocycles. The van der Waals surface area contributed by atoms with Crippen molar-refractivity contribution < 1.29 is 18.0 Å². The quantitative estimate of drug-likeness (QED) is 0.757. The smallest absolute Gasteiger partial charge is 0.355 e. The Labute approximate surface area is 145 Å². The minimum Gasteiger partial charge on any atom is -0.355 e. The van der Waals surface area contributed by atoms with E-state index in [-0.39, 0.29) is 23.7 Å². The second kappa shape index (κ2) is 7.87. The highest BCUT2D eigenvalue weighted by Crippen LogP contribution is 2.40. The van der Waals surface area contributed by atoms with Crippen molar-refractivity contribution in [2.75, 3.05) is 0 Å². The number of hydrogen-bond acceptors (Lipinski definition) is 4. The van der Waals surface area contributed by atoms with Crippen LogP contribution in [-0.4, -0.2) is 11.4 Å². The van der Waals surface area contributed by atoms with Gasteiger partial charge in [0.15, 0.2) is 0 Å². The van der Waals surface area contributed by atoms with Crippen molar-refractivity contribution in [3.05, 3.63) is 52.2 Å². The van der Waals surface area contributed by atoms with Crippen LogP contribution in [0.15, 0.2) is 40.4 Å². The standard InChI is InChI=1S/C15H13ClF3N3OS/c16-12-5-11(15(17,18)19)4-10(7-21-8-23)13(12)24-14-9(6-20)2-1-3-22-14/h1-5,8H,6-7,20H2,(H,21,23). The number of hydrogen-bond donors (Lipinski definition) is 2. The van der Waals surface area contributed by atoms with Gasteiger partial charge < -0.3 is 11.1 Å². The Kier molecular flexibility index (Phi) is 6.09. The van der Waals surface area contributed by atoms with E-state index in [1.807, 2.05) is 0 Å². The summed E-state index contributed by atoms with van der Waals surface area (Å²) in [6.07, 6.45) is -2.56. The monoisotopic (exact) mass is 375 g/mol. The van der Waals surface area contributed by atoms with Crippen LogP contribution >= 0.6 is 23.4 Å². The Balaban J connectivity index is 2.49. The maximum Gasteiger partial charge on any atom is 0.416 e. The van der Waals surface area contributed by atoms with Crippen LogP contribution in [0, 0.1) is 0 Å². The molecule has 0 radical (unpaired) electrons. The second-order valence-electron chi connectivity index (χ2n) is 4.72. The van der Waals surface area contributed by atoms with Crippen molar-refractivity contribution in [2.45, 2.75) is 29.2 Å². The van der Waals surface area contributed by atoms with Gasteiger partial charge in [-0.15, -0.1) is 0 Å². The number of carbonyl (C=O) groups excluding carboxylic acids is 1. The third-order valence-corrected chi connectivity index (χ3v) is 4.75. The maximum atomic E-state index is 13.0. The zero-order chi connectivity index (χ0) is 17.7. The lowest BCUT2D eigenvalue weighted by Gasteiger charge is -2.15. The molecule has 0 aliphatic carbocycles. The highest BCUT2D eigenvalue weighted by molar-refractivity contribution is 7.99. The van der Waals surface area contributed by atoms with E-state index < -0.39 is 11.7 Å². The van der Waals surface area contributed by atoms with Crippen LogP contribution in [0.5, 0.6) is 0 Å². The molecule has 1 aromatic carbocycles. The van der Waals surface area contributed by atoms with Crippen molar-refractivity contribution in [2.24, 2.45) is 5.73 Å². The van der Waals surface area contributed by atoms with Gasteiger partial charge in [0, 0.05) is 24.2 Å². The molecule has 4 nitrogen and oxygen atoms in total. The lowest BCUT2D eigenvalue weighted by atomic mass is 10.1. The van der Waals surface area contributed by atoms with E-state index in [0.29, 0.717) is 16.3 Å². The molecule has 0 saturated carbocycles. The lowest BCUT2D eigenvalue weighted by molar-refractivity contribution is -0.137. The minimum absolute atomic E-state index is 0.0638. The fourth-order valence-corrected chi connectivity index (χ4v) is 3.34. The molecule has 9 heteroatoms. The van der Waals surface area contributed by atoms with Gasteiger partial charge in [0.2, 0.25) is 6.41 Å². The number of aromatic nitrogens is 1. The van der Waals surface area contributed by atoms with Gasteiger partial charge in [0.1, 0.15) is 5.03 Å². The van der Waals surface area contributed by atoms with E-state index in [0.717, 1.165) is 29.5 Å². The average molecular weight is 376 g/mol. The molecular weight excluding hydrogens is 363 g/mol. The van der Waals surface area contributed by atoms with Crippen LogP contribution in [-0.2, 0) is 24.1 Å². The number of halogens is 4. The minimum atomic E-state index is -4.53. The van der Waals surface area contributed by atoms with Crippen molar-refractivity contribution >= 4 is 29.8 Å². The number of nitrogens with two attached hydrogens (primary N) is 1. The molecule has 0 spiro atoms. The van der Waals surface area contributed by atoms with Crippen LogP contribution in [0.2, 0.25) is 5.02 Å². The first-order valence-corrected chi connectivity index (χ1v) is 7.94. The van der Waals surface area contributed by atoms with Gasteiger partial charge in [-0.1, -0.05) is 29.4 Å². The molecule has 0 fully saturated rings. The molecule has 0 unspecified atom stereocenters. The Hall–Kier alpha value is -1.77. The fraction of sp³-hybridized carbons (Fsp3) is 0.200. The van der Waals surface area contributed by atoms with Crippen molar-refractivity contribution in [1.29, 1.82) is 0 Å². The van der Waals surface area contributed by atoms with Crippen molar-refractivity contribution in [3.8, 4) is 0 Å². The van der Waals surface area contributed by atoms with E-state index in [2.05, 4.69) is 10.3 Å². The first-order chi connectivity index (χ1) is 11.4. The zero-order valence-electron chi connectivity index (χ0n) is 12.2. The molecule has 3 N–H and O–H groups in total. The Morgan fingerprint density at radius 1 is 1.33 bits per heavy atom. The molecule has 0 saturated heterocycles. The van der Waals surface area contributed by atoms with Crippen LogP contribution in [0.25, 0.3) is 0 Å². The SMILES string of the molecule is NCc1cccnc1Sc1c(Cl)cc(C(F)(F)F)cc1CNC=O. The van der Waals surface area contributed by atoms with Crippen molar-refractivity contribution in [1.82, 2.24) is 10.3 Å². The van der Waals surface area contributed by atoms with Gasteiger partial charge in [-0.3, -0.25) is 4.79 Å². The number of pyridine rings is 1. The largest absolute Gasteiger partial charge is 0.416 e. The molecule has 2 aromatic rings. The lowest BCUT2D eigenvalue weighted by Crippen LogP contribution is -2.13. The van der Waals surface area contributed by atoms with Crippen LogP contribution in [0.3, 0.4) is 0 Å². The predicted octanol–water partition coefficient (Wildman–Crippen LogP) is 3.61. The van der Waals surface area contributed by atoms with Crippen LogP contribution in [0.1, 0.15) is 16.7 Å². The molecule has 0 atom stereocenters. The van der Waals surface area contributed by atoms with Crippen LogP contribution < -0.4 is 11.1 Å². The van der Waals surface area contributed by atoms with Gasteiger partial charge in [0.05, 0.1) is 10.6 Å². The maximum absolute atomic E-state index is 13.0. The molecule has 1 heterocycles. The van der Waals surface area contributed by atoms with Crippen LogP contribution in [0.4, 0.5) is 13.2 Å². The molecule has 0 bridgehead atoms. The molecule has 0 aliphatic rings. The third kappa shape index (κ3) is 4.40. The van der Waals surface area contributed by atoms with Gasteiger partial charge in [-0.25, -0.2) is 4.98 Å². The second-order valence-corrected chi connectivity index (χ2v) is 6.12. The Morgan fingerprint density at radius 2 is 2.08 bits per heavy atom. The number of rotatable bonds is 6. The number of alkyl halides is 3. The van der Waals surface area contributed by atoms with E-state index in [9.17, 15) is 18.0 Å². The number of nitrogens with zero attached hydrogens (tertiary/aromatic N) is 1. The highest BCUT2D eigenvalue weighted by atomic mass is 35.5. The van der Waals surface area contributed by atoms with E-state index >= 15 is 0 Å². The molecule has 2 rings (SSSR count). The number of benzene rings is 1. The van der Waals surface area contributed by atoms with Gasteiger partial charge in [-0.2, -0.15) is 13.2 Å². The third-order valence-electron chi connectivity index (χ3n) is 3.09. The molecule has 24 heavy (non-hydrogen) atoms. The molecule has 1 aromatic heterocycles. The first kappa shape index (κ1) is 18.6. The summed E-state index contributed by atoms with van der Waals surface area (Å²) in [5.41, 5.74) is 5.77. The summed E-state index contributed by atoms with van der Waals surface area (Å²) in [5, 5.41) is 2.85. The predicted molar refractivity (Wildman–Crippen MR) is 85.6 cm³/mol. The summed E-state index contributed by atoms with van der Waals surface area (Å²) >= 11 is 7.18.